The summed E-state index contributed by atoms with van der Waals surface area (Å²) in [6.07, 6.45) is 1.75. The topological polar surface area (TPSA) is 25.2 Å². The van der Waals surface area contributed by atoms with Gasteiger partial charge in [-0.1, -0.05) is 13.0 Å². The Kier molecular flexibility index (Phi) is 4.90. The van der Waals surface area contributed by atoms with E-state index in [1.807, 2.05) is 0 Å². The lowest BCUT2D eigenvalue weighted by Crippen LogP contribution is -2.28. The summed E-state index contributed by atoms with van der Waals surface area (Å²) < 4.78 is 32.9. The van der Waals surface area contributed by atoms with E-state index in [0.29, 0.717) is 6.42 Å². The Morgan fingerprint density at radius 3 is 2.50 bits per heavy atom. The lowest BCUT2D eigenvalue weighted by Gasteiger charge is -2.11. The van der Waals surface area contributed by atoms with Gasteiger partial charge in [0.2, 0.25) is 0 Å². The number of hydrogen-bond acceptors (Lipinski definition) is 2. The van der Waals surface area contributed by atoms with Gasteiger partial charge >= 0.3 is 0 Å². The van der Waals surface area contributed by atoms with Gasteiger partial charge in [-0.15, -0.1) is 0 Å². The van der Waals surface area contributed by atoms with Gasteiger partial charge in [-0.25, -0.2) is 8.78 Å². The van der Waals surface area contributed by atoms with Crippen molar-refractivity contribution in [1.82, 2.24) is 5.32 Å². The van der Waals surface area contributed by atoms with E-state index in [2.05, 4.69) is 19.2 Å². The van der Waals surface area contributed by atoms with Crippen LogP contribution in [0.4, 0.5) is 8.78 Å². The molecule has 0 saturated heterocycles. The van der Waals surface area contributed by atoms with Crippen molar-refractivity contribution >= 4 is 0 Å². The quantitative estimate of drug-likeness (QED) is 0.859. The van der Waals surface area contributed by atoms with Crippen LogP contribution in [0.1, 0.15) is 26.0 Å². The number of hydrogen-bond donors (Lipinski definition) is 1. The predicted octanol–water partition coefficient (Wildman–Crippen LogP) is 4.16. The maximum atomic E-state index is 13.7. The van der Waals surface area contributed by atoms with Crippen LogP contribution >= 0.6 is 0 Å². The molecule has 20 heavy (non-hydrogen) atoms. The van der Waals surface area contributed by atoms with Gasteiger partial charge in [-0.05, 0) is 44.2 Å². The van der Waals surface area contributed by atoms with Gasteiger partial charge in [-0.2, -0.15) is 0 Å². The van der Waals surface area contributed by atoms with Crippen LogP contribution in [-0.4, -0.2) is 12.6 Å². The standard InChI is InChI=1S/C16H19F2NO/c1-3-9-19-11(2)10-12-7-8-15(20-12)16-13(17)5-4-6-14(16)18/h4-8,11,19H,3,9-10H2,1-2H3. The second kappa shape index (κ2) is 6.66. The van der Waals surface area contributed by atoms with Crippen LogP contribution in [0, 0.1) is 11.6 Å². The van der Waals surface area contributed by atoms with Crippen LogP contribution in [0.2, 0.25) is 0 Å². The molecule has 0 radical (unpaired) electrons. The van der Waals surface area contributed by atoms with Crippen molar-refractivity contribution in [3.63, 3.8) is 0 Å². The molecule has 0 amide bonds. The molecule has 0 fully saturated rings. The average molecular weight is 279 g/mol. The minimum atomic E-state index is -0.608. The van der Waals surface area contributed by atoms with Crippen LogP contribution in [0.25, 0.3) is 11.3 Å². The van der Waals surface area contributed by atoms with Crippen molar-refractivity contribution in [2.75, 3.05) is 6.54 Å². The Hall–Kier alpha value is -1.68. The zero-order chi connectivity index (χ0) is 14.5. The van der Waals surface area contributed by atoms with E-state index in [4.69, 9.17) is 4.42 Å². The molecule has 1 aromatic heterocycles. The molecular weight excluding hydrogens is 260 g/mol. The Morgan fingerprint density at radius 1 is 1.15 bits per heavy atom. The summed E-state index contributed by atoms with van der Waals surface area (Å²) in [6, 6.07) is 7.45. The Bertz CT molecular complexity index is 545. The highest BCUT2D eigenvalue weighted by molar-refractivity contribution is 5.59. The molecular formula is C16H19F2NO. The molecule has 0 spiro atoms. The normalized spacial score (nSPS) is 12.6. The molecule has 2 rings (SSSR count). The molecule has 0 aliphatic rings. The molecule has 0 aliphatic heterocycles. The van der Waals surface area contributed by atoms with E-state index in [1.165, 1.54) is 18.2 Å². The van der Waals surface area contributed by atoms with Crippen molar-refractivity contribution in [2.45, 2.75) is 32.7 Å². The first kappa shape index (κ1) is 14.7. The third kappa shape index (κ3) is 3.45. The maximum Gasteiger partial charge on any atom is 0.140 e. The molecule has 1 heterocycles. The van der Waals surface area contributed by atoms with Gasteiger partial charge in [0.1, 0.15) is 23.2 Å². The minimum absolute atomic E-state index is 0.104. The van der Waals surface area contributed by atoms with Gasteiger partial charge in [0.25, 0.3) is 0 Å². The van der Waals surface area contributed by atoms with Crippen LogP contribution in [0.3, 0.4) is 0 Å². The fourth-order valence-electron chi connectivity index (χ4n) is 2.12. The average Bonchev–Trinajstić information content (AvgIpc) is 2.84. The van der Waals surface area contributed by atoms with Crippen molar-refractivity contribution < 1.29 is 13.2 Å². The van der Waals surface area contributed by atoms with Crippen LogP contribution in [0.5, 0.6) is 0 Å². The highest BCUT2D eigenvalue weighted by Gasteiger charge is 2.15. The number of halogens is 2. The van der Waals surface area contributed by atoms with Crippen molar-refractivity contribution in [2.24, 2.45) is 0 Å². The zero-order valence-electron chi connectivity index (χ0n) is 11.7. The Morgan fingerprint density at radius 2 is 1.85 bits per heavy atom. The van der Waals surface area contributed by atoms with E-state index >= 15 is 0 Å². The van der Waals surface area contributed by atoms with Crippen molar-refractivity contribution in [3.8, 4) is 11.3 Å². The molecule has 0 saturated carbocycles. The largest absolute Gasteiger partial charge is 0.461 e. The first-order chi connectivity index (χ1) is 9.61. The lowest BCUT2D eigenvalue weighted by atomic mass is 10.1. The molecule has 1 aromatic carbocycles. The van der Waals surface area contributed by atoms with Crippen LogP contribution < -0.4 is 5.32 Å². The molecule has 0 bridgehead atoms. The van der Waals surface area contributed by atoms with Crippen molar-refractivity contribution in [3.05, 3.63) is 47.7 Å². The smallest absolute Gasteiger partial charge is 0.140 e. The Balaban J connectivity index is 2.13. The second-order valence-corrected chi connectivity index (χ2v) is 4.92. The fourth-order valence-corrected chi connectivity index (χ4v) is 2.12. The fraction of sp³-hybridized carbons (Fsp3) is 0.375. The summed E-state index contributed by atoms with van der Waals surface area (Å²) in [4.78, 5) is 0. The molecule has 4 heteroatoms. The first-order valence-corrected chi connectivity index (χ1v) is 6.88. The molecule has 1 atom stereocenters. The second-order valence-electron chi connectivity index (χ2n) is 4.92. The summed E-state index contributed by atoms with van der Waals surface area (Å²) in [5, 5.41) is 3.34. The van der Waals surface area contributed by atoms with Gasteiger partial charge in [0, 0.05) is 12.5 Å². The SMILES string of the molecule is CCCNC(C)Cc1ccc(-c2c(F)cccc2F)o1. The summed E-state index contributed by atoms with van der Waals surface area (Å²) in [7, 11) is 0. The molecule has 0 aliphatic carbocycles. The number of rotatable bonds is 6. The minimum Gasteiger partial charge on any atom is -0.461 e. The molecule has 2 aromatic rings. The molecule has 1 N–H and O–H groups in total. The van der Waals surface area contributed by atoms with E-state index < -0.39 is 11.6 Å². The molecule has 1 unspecified atom stereocenters. The molecule has 2 nitrogen and oxygen atoms in total. The highest BCUT2D eigenvalue weighted by Crippen LogP contribution is 2.28. The third-order valence-electron chi connectivity index (χ3n) is 3.12. The highest BCUT2D eigenvalue weighted by atomic mass is 19.1. The molecule has 108 valence electrons. The zero-order valence-corrected chi connectivity index (χ0v) is 11.7. The van der Waals surface area contributed by atoms with Gasteiger partial charge < -0.3 is 9.73 Å². The Labute approximate surface area is 117 Å². The summed E-state index contributed by atoms with van der Waals surface area (Å²) in [6.45, 7) is 5.10. The van der Waals surface area contributed by atoms with Gasteiger partial charge in [0.15, 0.2) is 0 Å². The number of nitrogens with one attached hydrogen (secondary N) is 1. The predicted molar refractivity (Wildman–Crippen MR) is 75.5 cm³/mol. The van der Waals surface area contributed by atoms with E-state index in [0.717, 1.165) is 18.7 Å². The third-order valence-corrected chi connectivity index (χ3v) is 3.12. The summed E-state index contributed by atoms with van der Waals surface area (Å²) >= 11 is 0. The first-order valence-electron chi connectivity index (χ1n) is 6.88. The maximum absolute atomic E-state index is 13.7. The monoisotopic (exact) mass is 279 g/mol. The van der Waals surface area contributed by atoms with E-state index in [1.54, 1.807) is 12.1 Å². The van der Waals surface area contributed by atoms with Gasteiger partial charge in [0.05, 0.1) is 5.56 Å². The summed E-state index contributed by atoms with van der Waals surface area (Å²) in [5.74, 6) is -0.261. The lowest BCUT2D eigenvalue weighted by molar-refractivity contribution is 0.460. The van der Waals surface area contributed by atoms with Crippen molar-refractivity contribution in [1.29, 1.82) is 0 Å². The number of benzene rings is 1. The van der Waals surface area contributed by atoms with Crippen LogP contribution in [-0.2, 0) is 6.42 Å². The van der Waals surface area contributed by atoms with E-state index in [-0.39, 0.29) is 17.4 Å². The summed E-state index contributed by atoms with van der Waals surface area (Å²) in [5.41, 5.74) is -0.104. The van der Waals surface area contributed by atoms with E-state index in [9.17, 15) is 8.78 Å². The van der Waals surface area contributed by atoms with Gasteiger partial charge in [-0.3, -0.25) is 0 Å². The van der Waals surface area contributed by atoms with Crippen LogP contribution in [0.15, 0.2) is 34.7 Å². The number of furan rings is 1.